The van der Waals surface area contributed by atoms with E-state index < -0.39 is 20.0 Å². The van der Waals surface area contributed by atoms with Crippen LogP contribution in [0.25, 0.3) is 0 Å². The molecular formula is C49H88N2O6P+. The van der Waals surface area contributed by atoms with E-state index in [9.17, 15) is 19.4 Å². The molecule has 0 radical (unpaired) electrons. The van der Waals surface area contributed by atoms with E-state index in [-0.39, 0.29) is 19.1 Å². The van der Waals surface area contributed by atoms with E-state index in [4.69, 9.17) is 9.05 Å². The summed E-state index contributed by atoms with van der Waals surface area (Å²) in [5, 5.41) is 13.7. The number of phosphoric acid groups is 1. The van der Waals surface area contributed by atoms with Crippen LogP contribution in [0.15, 0.2) is 85.1 Å². The van der Waals surface area contributed by atoms with E-state index in [0.717, 1.165) is 83.5 Å². The lowest BCUT2D eigenvalue weighted by Crippen LogP contribution is -2.45. The van der Waals surface area contributed by atoms with Gasteiger partial charge in [0, 0.05) is 6.42 Å². The first kappa shape index (κ1) is 55.7. The zero-order valence-corrected chi connectivity index (χ0v) is 38.6. The van der Waals surface area contributed by atoms with Crippen LogP contribution >= 0.6 is 7.82 Å². The maximum atomic E-state index is 12.8. The van der Waals surface area contributed by atoms with E-state index in [1.165, 1.54) is 64.2 Å². The van der Waals surface area contributed by atoms with Crippen LogP contribution in [0, 0.1) is 0 Å². The van der Waals surface area contributed by atoms with Gasteiger partial charge in [0.15, 0.2) is 0 Å². The number of quaternary nitrogens is 1. The van der Waals surface area contributed by atoms with Gasteiger partial charge in [-0.15, -0.1) is 0 Å². The second-order valence-corrected chi connectivity index (χ2v) is 17.9. The Balaban J connectivity index is 4.11. The van der Waals surface area contributed by atoms with Crippen molar-refractivity contribution in [2.45, 2.75) is 180 Å². The summed E-state index contributed by atoms with van der Waals surface area (Å²) in [4.78, 5) is 23.0. The maximum Gasteiger partial charge on any atom is 0.472 e. The van der Waals surface area contributed by atoms with Crippen molar-refractivity contribution in [2.24, 2.45) is 0 Å². The molecule has 8 nitrogen and oxygen atoms in total. The first-order valence-corrected chi connectivity index (χ1v) is 24.5. The number of rotatable bonds is 40. The van der Waals surface area contributed by atoms with Gasteiger partial charge < -0.3 is 19.8 Å². The highest BCUT2D eigenvalue weighted by Crippen LogP contribution is 2.43. The average molecular weight is 832 g/mol. The summed E-state index contributed by atoms with van der Waals surface area (Å²) < 4.78 is 23.4. The number of allylic oxidation sites excluding steroid dienone is 13. The van der Waals surface area contributed by atoms with Gasteiger partial charge in [-0.3, -0.25) is 13.8 Å². The summed E-state index contributed by atoms with van der Waals surface area (Å²) in [7, 11) is 1.55. The molecule has 9 heteroatoms. The first-order valence-electron chi connectivity index (χ1n) is 23.0. The Morgan fingerprint density at radius 3 is 1.52 bits per heavy atom. The fourth-order valence-corrected chi connectivity index (χ4v) is 6.72. The quantitative estimate of drug-likeness (QED) is 0.0246. The molecule has 3 unspecified atom stereocenters. The number of nitrogens with one attached hydrogen (secondary N) is 1. The molecule has 0 fully saturated rings. The Hall–Kier alpha value is -2.32. The number of likely N-dealkylation sites (N-methyl/N-ethyl adjacent to an activating group) is 1. The summed E-state index contributed by atoms with van der Waals surface area (Å²) >= 11 is 0. The highest BCUT2D eigenvalue weighted by Gasteiger charge is 2.27. The van der Waals surface area contributed by atoms with Crippen molar-refractivity contribution in [1.82, 2.24) is 5.32 Å². The molecule has 3 atom stereocenters. The van der Waals surface area contributed by atoms with Crippen LogP contribution in [-0.2, 0) is 18.4 Å². The average Bonchev–Trinajstić information content (AvgIpc) is 3.17. The van der Waals surface area contributed by atoms with Crippen LogP contribution in [0.2, 0.25) is 0 Å². The van der Waals surface area contributed by atoms with Crippen molar-refractivity contribution >= 4 is 13.7 Å². The number of aliphatic hydroxyl groups is 1. The van der Waals surface area contributed by atoms with Gasteiger partial charge in [-0.2, -0.15) is 0 Å². The molecule has 0 aromatic heterocycles. The van der Waals surface area contributed by atoms with E-state index in [0.29, 0.717) is 17.4 Å². The van der Waals surface area contributed by atoms with Crippen molar-refractivity contribution in [3.05, 3.63) is 85.1 Å². The van der Waals surface area contributed by atoms with Gasteiger partial charge in [0.1, 0.15) is 13.2 Å². The second kappa shape index (κ2) is 40.1. The minimum Gasteiger partial charge on any atom is -0.387 e. The largest absolute Gasteiger partial charge is 0.472 e. The number of amides is 1. The molecule has 0 aliphatic heterocycles. The molecule has 0 heterocycles. The van der Waals surface area contributed by atoms with Crippen LogP contribution < -0.4 is 5.32 Å². The zero-order valence-electron chi connectivity index (χ0n) is 37.8. The van der Waals surface area contributed by atoms with Crippen LogP contribution in [-0.4, -0.2) is 73.4 Å². The van der Waals surface area contributed by atoms with E-state index in [1.54, 1.807) is 6.08 Å². The second-order valence-electron chi connectivity index (χ2n) is 16.4. The number of unbranched alkanes of at least 4 members (excludes halogenated alkanes) is 15. The number of aliphatic hydroxyl groups excluding tert-OH is 1. The summed E-state index contributed by atoms with van der Waals surface area (Å²) in [5.74, 6) is -0.191. The van der Waals surface area contributed by atoms with Gasteiger partial charge in [-0.25, -0.2) is 4.57 Å². The Bertz CT molecular complexity index is 1220. The SMILES string of the molecule is CC/C=C\C/C=C\C/C=C\C/C=C\C/C=C\C/C=C\CCCCCCCCCCCCC(=O)NC(COP(=O)(O)OCC[N+](C)(C)C)C(O)/C=C/CCCCCCC. The minimum atomic E-state index is -4.33. The number of carbonyl (C=O) groups excluding carboxylic acids is 1. The van der Waals surface area contributed by atoms with E-state index in [2.05, 4.69) is 92.1 Å². The highest BCUT2D eigenvalue weighted by molar-refractivity contribution is 7.47. The predicted octanol–water partition coefficient (Wildman–Crippen LogP) is 13.0. The molecule has 0 aliphatic carbocycles. The monoisotopic (exact) mass is 832 g/mol. The molecular weight excluding hydrogens is 744 g/mol. The molecule has 0 aromatic carbocycles. The predicted molar refractivity (Wildman–Crippen MR) is 249 cm³/mol. The number of hydrogen-bond acceptors (Lipinski definition) is 5. The van der Waals surface area contributed by atoms with Gasteiger partial charge in [-0.05, 0) is 70.6 Å². The molecule has 1 amide bonds. The van der Waals surface area contributed by atoms with Crippen molar-refractivity contribution in [3.63, 3.8) is 0 Å². The maximum absolute atomic E-state index is 12.8. The molecule has 334 valence electrons. The number of carbonyl (C=O) groups is 1. The van der Waals surface area contributed by atoms with Crippen LogP contribution in [0.3, 0.4) is 0 Å². The third-order valence-electron chi connectivity index (χ3n) is 9.62. The number of phosphoric ester groups is 1. The zero-order chi connectivity index (χ0) is 42.8. The first-order chi connectivity index (χ1) is 28.0. The minimum absolute atomic E-state index is 0.0561. The number of hydrogen-bond donors (Lipinski definition) is 3. The standard InChI is InChI=1S/C49H87N2O6P/c1-6-8-10-12-14-15-16-17-18-19-20-21-22-23-24-25-26-27-28-29-30-31-32-33-34-35-37-39-41-43-49(53)50-47(48(52)42-40-38-36-13-11-9-7-2)46-57-58(54,55)56-45-44-51(3,4)5/h8,10,14-15,17-18,20-21,23-24,26-27,40,42,47-48,52H,6-7,9,11-13,16,19,22,25,28-39,41,43-46H2,1-5H3,(H-,50,53,54,55)/p+1/b10-8-,15-14-,18-17-,21-20-,24-23-,27-26-,42-40+. The van der Waals surface area contributed by atoms with Crippen LogP contribution in [0.4, 0.5) is 0 Å². The summed E-state index contributed by atoms with van der Waals surface area (Å²) in [6, 6.07) is -0.850. The molecule has 3 N–H and O–H groups in total. The lowest BCUT2D eigenvalue weighted by Gasteiger charge is -2.25. The molecule has 58 heavy (non-hydrogen) atoms. The highest BCUT2D eigenvalue weighted by atomic mass is 31.2. The van der Waals surface area contributed by atoms with Gasteiger partial charge in [-0.1, -0.05) is 176 Å². The van der Waals surface area contributed by atoms with Crippen LogP contribution in [0.1, 0.15) is 168 Å². The van der Waals surface area contributed by atoms with E-state index in [1.807, 2.05) is 27.2 Å². The summed E-state index contributed by atoms with van der Waals surface area (Å²) in [6.07, 6.45) is 55.4. The Labute approximate surface area is 356 Å². The van der Waals surface area contributed by atoms with E-state index >= 15 is 0 Å². The van der Waals surface area contributed by atoms with Gasteiger partial charge in [0.05, 0.1) is 39.9 Å². The van der Waals surface area contributed by atoms with Crippen molar-refractivity contribution in [3.8, 4) is 0 Å². The smallest absolute Gasteiger partial charge is 0.387 e. The molecule has 0 saturated heterocycles. The Morgan fingerprint density at radius 2 is 1.03 bits per heavy atom. The molecule has 0 saturated carbocycles. The molecule has 0 aromatic rings. The molecule has 0 spiro atoms. The topological polar surface area (TPSA) is 105 Å². The number of nitrogens with zero attached hydrogens (tertiary/aromatic N) is 1. The normalized spacial score (nSPS) is 15.1. The fraction of sp³-hybridized carbons (Fsp3) is 0.694. The molecule has 0 bridgehead atoms. The molecule has 0 rings (SSSR count). The molecule has 0 aliphatic rings. The third-order valence-corrected chi connectivity index (χ3v) is 10.6. The van der Waals surface area contributed by atoms with Crippen molar-refractivity contribution in [1.29, 1.82) is 0 Å². The fourth-order valence-electron chi connectivity index (χ4n) is 5.98. The summed E-state index contributed by atoms with van der Waals surface area (Å²) in [5.41, 5.74) is 0. The lowest BCUT2D eigenvalue weighted by atomic mass is 10.0. The lowest BCUT2D eigenvalue weighted by molar-refractivity contribution is -0.870. The van der Waals surface area contributed by atoms with Crippen molar-refractivity contribution < 1.29 is 32.9 Å². The van der Waals surface area contributed by atoms with Gasteiger partial charge in [0.25, 0.3) is 0 Å². The van der Waals surface area contributed by atoms with Crippen LogP contribution in [0.5, 0.6) is 0 Å². The third kappa shape index (κ3) is 41.8. The summed E-state index contributed by atoms with van der Waals surface area (Å²) in [6.45, 7) is 4.61. The van der Waals surface area contributed by atoms with Crippen molar-refractivity contribution in [2.75, 3.05) is 40.9 Å². The Kier molecular flexibility index (Phi) is 38.5. The Morgan fingerprint density at radius 1 is 0.603 bits per heavy atom. The van der Waals surface area contributed by atoms with Gasteiger partial charge in [0.2, 0.25) is 5.91 Å². The van der Waals surface area contributed by atoms with Gasteiger partial charge >= 0.3 is 7.82 Å².